The molecular formula is C20H15N3O5. The molecule has 0 bridgehead atoms. The van der Waals surface area contributed by atoms with Crippen LogP contribution >= 0.6 is 0 Å². The average Bonchev–Trinajstić information content (AvgIpc) is 3.36. The molecule has 1 amide bonds. The summed E-state index contributed by atoms with van der Waals surface area (Å²) >= 11 is 0. The SMILES string of the molecule is Cc1c(-c2ccc(/C=C(\C#N)C(=O)NCc3ccco3)o2)cccc1[N+](=O)[O-]. The number of amides is 1. The summed E-state index contributed by atoms with van der Waals surface area (Å²) in [5.74, 6) is 0.682. The molecule has 2 heterocycles. The first-order valence-corrected chi connectivity index (χ1v) is 8.26. The zero-order chi connectivity index (χ0) is 20.1. The summed E-state index contributed by atoms with van der Waals surface area (Å²) in [6.07, 6.45) is 2.80. The predicted molar refractivity (Wildman–Crippen MR) is 99.7 cm³/mol. The molecule has 28 heavy (non-hydrogen) atoms. The molecule has 0 spiro atoms. The third-order valence-corrected chi connectivity index (χ3v) is 4.05. The van der Waals surface area contributed by atoms with Gasteiger partial charge in [0.2, 0.25) is 0 Å². The molecule has 8 nitrogen and oxygen atoms in total. The molecule has 0 radical (unpaired) electrons. The molecule has 0 saturated carbocycles. The van der Waals surface area contributed by atoms with E-state index in [1.54, 1.807) is 43.3 Å². The van der Waals surface area contributed by atoms with E-state index >= 15 is 0 Å². The number of nitrogens with zero attached hydrogens (tertiary/aromatic N) is 2. The van der Waals surface area contributed by atoms with Gasteiger partial charge in [-0.05, 0) is 31.2 Å². The summed E-state index contributed by atoms with van der Waals surface area (Å²) in [6.45, 7) is 1.79. The molecule has 3 rings (SSSR count). The van der Waals surface area contributed by atoms with E-state index in [-0.39, 0.29) is 23.6 Å². The minimum atomic E-state index is -0.566. The first-order chi connectivity index (χ1) is 13.5. The summed E-state index contributed by atoms with van der Waals surface area (Å²) in [6, 6.07) is 13.1. The second-order valence-corrected chi connectivity index (χ2v) is 5.84. The Morgan fingerprint density at radius 1 is 1.29 bits per heavy atom. The minimum Gasteiger partial charge on any atom is -0.467 e. The van der Waals surface area contributed by atoms with Crippen LogP contribution in [0.1, 0.15) is 17.1 Å². The van der Waals surface area contributed by atoms with Gasteiger partial charge in [-0.3, -0.25) is 14.9 Å². The number of nitriles is 1. The summed E-state index contributed by atoms with van der Waals surface area (Å²) in [4.78, 5) is 22.8. The van der Waals surface area contributed by atoms with E-state index in [4.69, 9.17) is 8.83 Å². The number of nitrogens with one attached hydrogen (secondary N) is 1. The van der Waals surface area contributed by atoms with E-state index < -0.39 is 10.8 Å². The monoisotopic (exact) mass is 377 g/mol. The van der Waals surface area contributed by atoms with E-state index in [2.05, 4.69) is 5.32 Å². The Bertz CT molecular complexity index is 1090. The van der Waals surface area contributed by atoms with Crippen molar-refractivity contribution in [1.82, 2.24) is 5.32 Å². The van der Waals surface area contributed by atoms with Crippen molar-refractivity contribution in [3.63, 3.8) is 0 Å². The largest absolute Gasteiger partial charge is 0.467 e. The number of hydrogen-bond donors (Lipinski definition) is 1. The standard InChI is InChI=1S/C20H15N3O5/c1-13-17(5-2-6-18(13)23(25)26)19-8-7-15(28-19)10-14(11-21)20(24)22-12-16-4-3-9-27-16/h2-10H,12H2,1H3,(H,22,24)/b14-10+. The molecule has 140 valence electrons. The van der Waals surface area contributed by atoms with Crippen molar-refractivity contribution in [2.45, 2.75) is 13.5 Å². The number of hydrogen-bond acceptors (Lipinski definition) is 6. The van der Waals surface area contributed by atoms with E-state index in [1.807, 2.05) is 6.07 Å². The summed E-state index contributed by atoms with van der Waals surface area (Å²) < 4.78 is 10.8. The van der Waals surface area contributed by atoms with Crippen molar-refractivity contribution < 1.29 is 18.6 Å². The number of nitro benzene ring substituents is 1. The summed E-state index contributed by atoms with van der Waals surface area (Å²) in [7, 11) is 0. The van der Waals surface area contributed by atoms with Gasteiger partial charge in [-0.25, -0.2) is 0 Å². The van der Waals surface area contributed by atoms with Crippen LogP contribution in [0.2, 0.25) is 0 Å². The first-order valence-electron chi connectivity index (χ1n) is 8.26. The number of nitro groups is 1. The number of benzene rings is 1. The fraction of sp³-hybridized carbons (Fsp3) is 0.100. The van der Waals surface area contributed by atoms with Gasteiger partial charge in [0.1, 0.15) is 28.9 Å². The maximum Gasteiger partial charge on any atom is 0.273 e. The third kappa shape index (κ3) is 3.99. The molecule has 1 N–H and O–H groups in total. The molecule has 1 aromatic carbocycles. The van der Waals surface area contributed by atoms with Gasteiger partial charge in [0.05, 0.1) is 17.7 Å². The number of furan rings is 2. The predicted octanol–water partition coefficient (Wildman–Crippen LogP) is 3.98. The first kappa shape index (κ1) is 18.7. The molecule has 0 atom stereocenters. The lowest BCUT2D eigenvalue weighted by Gasteiger charge is -2.03. The van der Waals surface area contributed by atoms with Gasteiger partial charge in [0.15, 0.2) is 0 Å². The average molecular weight is 377 g/mol. The van der Waals surface area contributed by atoms with Gasteiger partial charge in [-0.15, -0.1) is 0 Å². The molecular weight excluding hydrogens is 362 g/mol. The smallest absolute Gasteiger partial charge is 0.273 e. The van der Waals surface area contributed by atoms with E-state index in [0.717, 1.165) is 0 Å². The number of carbonyl (C=O) groups excluding carboxylic acids is 1. The van der Waals surface area contributed by atoms with Gasteiger partial charge >= 0.3 is 0 Å². The van der Waals surface area contributed by atoms with Crippen LogP contribution in [0.25, 0.3) is 17.4 Å². The second-order valence-electron chi connectivity index (χ2n) is 5.84. The van der Waals surface area contributed by atoms with Crippen molar-refractivity contribution in [2.24, 2.45) is 0 Å². The van der Waals surface area contributed by atoms with Gasteiger partial charge in [-0.2, -0.15) is 5.26 Å². The van der Waals surface area contributed by atoms with Crippen LogP contribution in [0, 0.1) is 28.4 Å². The topological polar surface area (TPSA) is 122 Å². The van der Waals surface area contributed by atoms with Crippen LogP contribution in [0.5, 0.6) is 0 Å². The molecule has 0 saturated heterocycles. The molecule has 0 fully saturated rings. The Kier molecular flexibility index (Phi) is 5.37. The highest BCUT2D eigenvalue weighted by molar-refractivity contribution is 6.01. The Labute approximate surface area is 159 Å². The zero-order valence-corrected chi connectivity index (χ0v) is 14.8. The molecule has 8 heteroatoms. The van der Waals surface area contributed by atoms with E-state index in [1.165, 1.54) is 18.4 Å². The number of rotatable bonds is 6. The Morgan fingerprint density at radius 2 is 2.11 bits per heavy atom. The summed E-state index contributed by atoms with van der Waals surface area (Å²) in [5, 5.41) is 22.9. The van der Waals surface area contributed by atoms with Crippen molar-refractivity contribution in [3.05, 3.63) is 81.5 Å². The van der Waals surface area contributed by atoms with Crippen LogP contribution in [-0.4, -0.2) is 10.8 Å². The maximum atomic E-state index is 12.2. The Balaban J connectivity index is 1.81. The maximum absolute atomic E-state index is 12.2. The Hall–Kier alpha value is -4.12. The molecule has 2 aromatic heterocycles. The van der Waals surface area contributed by atoms with Crippen LogP contribution in [-0.2, 0) is 11.3 Å². The van der Waals surface area contributed by atoms with Crippen LogP contribution in [0.3, 0.4) is 0 Å². The lowest BCUT2D eigenvalue weighted by Crippen LogP contribution is -2.23. The third-order valence-electron chi connectivity index (χ3n) is 4.05. The molecule has 0 aliphatic heterocycles. The Morgan fingerprint density at radius 3 is 2.79 bits per heavy atom. The highest BCUT2D eigenvalue weighted by atomic mass is 16.6. The molecule has 0 aliphatic rings. The van der Waals surface area contributed by atoms with Crippen LogP contribution in [0.15, 0.2) is 63.1 Å². The van der Waals surface area contributed by atoms with Crippen molar-refractivity contribution >= 4 is 17.7 Å². The fourth-order valence-corrected chi connectivity index (χ4v) is 2.63. The lowest BCUT2D eigenvalue weighted by atomic mass is 10.1. The highest BCUT2D eigenvalue weighted by Crippen LogP contribution is 2.31. The lowest BCUT2D eigenvalue weighted by molar-refractivity contribution is -0.385. The van der Waals surface area contributed by atoms with Crippen LogP contribution in [0.4, 0.5) is 5.69 Å². The normalized spacial score (nSPS) is 11.1. The fourth-order valence-electron chi connectivity index (χ4n) is 2.63. The minimum absolute atomic E-state index is 0.0130. The summed E-state index contributed by atoms with van der Waals surface area (Å²) in [5.41, 5.74) is 0.882. The van der Waals surface area contributed by atoms with Gasteiger partial charge in [0.25, 0.3) is 11.6 Å². The molecule has 3 aromatic rings. The van der Waals surface area contributed by atoms with E-state index in [9.17, 15) is 20.2 Å². The van der Waals surface area contributed by atoms with Crippen LogP contribution < -0.4 is 5.32 Å². The van der Waals surface area contributed by atoms with E-state index in [0.29, 0.717) is 22.6 Å². The zero-order valence-electron chi connectivity index (χ0n) is 14.8. The quantitative estimate of drug-likeness (QED) is 0.300. The second kappa shape index (κ2) is 8.05. The number of carbonyl (C=O) groups is 1. The van der Waals surface area contributed by atoms with Crippen molar-refractivity contribution in [1.29, 1.82) is 5.26 Å². The molecule has 0 aliphatic carbocycles. The van der Waals surface area contributed by atoms with Crippen molar-refractivity contribution in [3.8, 4) is 17.4 Å². The van der Waals surface area contributed by atoms with Gasteiger partial charge < -0.3 is 14.2 Å². The van der Waals surface area contributed by atoms with Gasteiger partial charge in [-0.1, -0.05) is 12.1 Å². The van der Waals surface area contributed by atoms with Gasteiger partial charge in [0, 0.05) is 23.3 Å². The molecule has 0 unspecified atom stereocenters. The van der Waals surface area contributed by atoms with Crippen molar-refractivity contribution in [2.75, 3.05) is 0 Å². The highest BCUT2D eigenvalue weighted by Gasteiger charge is 2.17.